The van der Waals surface area contributed by atoms with Gasteiger partial charge in [0.2, 0.25) is 0 Å². The van der Waals surface area contributed by atoms with Crippen molar-refractivity contribution >= 4 is 17.6 Å². The van der Waals surface area contributed by atoms with Crippen LogP contribution in [0.15, 0.2) is 42.9 Å². The predicted octanol–water partition coefficient (Wildman–Crippen LogP) is 0.682. The van der Waals surface area contributed by atoms with Crippen molar-refractivity contribution in [2.75, 3.05) is 31.6 Å². The van der Waals surface area contributed by atoms with Crippen LogP contribution in [0.1, 0.15) is 40.0 Å². The minimum atomic E-state index is -0.152. The van der Waals surface area contributed by atoms with Gasteiger partial charge in [-0.05, 0) is 56.6 Å². The van der Waals surface area contributed by atoms with Gasteiger partial charge in [0.1, 0.15) is 5.82 Å². The zero-order valence-corrected chi connectivity index (χ0v) is 15.8. The summed E-state index contributed by atoms with van der Waals surface area (Å²) in [7, 11) is 0. The fraction of sp³-hybridized carbons (Fsp3) is 0.368. The lowest BCUT2D eigenvalue weighted by Crippen LogP contribution is -2.28. The van der Waals surface area contributed by atoms with Crippen molar-refractivity contribution in [2.45, 2.75) is 19.3 Å². The van der Waals surface area contributed by atoms with E-state index in [9.17, 15) is 9.59 Å². The van der Waals surface area contributed by atoms with Crippen molar-refractivity contribution in [3.63, 3.8) is 0 Å². The van der Waals surface area contributed by atoms with E-state index < -0.39 is 0 Å². The molecule has 28 heavy (non-hydrogen) atoms. The molecule has 2 aromatic rings. The first kappa shape index (κ1) is 21.3. The molecule has 0 aromatic carbocycles. The maximum atomic E-state index is 11.9. The van der Waals surface area contributed by atoms with Gasteiger partial charge in [0.25, 0.3) is 11.8 Å². The average Bonchev–Trinajstić information content (AvgIpc) is 2.75. The number of pyridine rings is 2. The number of hydrazine groups is 1. The van der Waals surface area contributed by atoms with Crippen LogP contribution in [0, 0.1) is 0 Å². The normalized spacial score (nSPS) is 10.3. The number of hydrogen-bond acceptors (Lipinski definition) is 7. The van der Waals surface area contributed by atoms with Crippen molar-refractivity contribution in [1.29, 1.82) is 0 Å². The highest BCUT2D eigenvalue weighted by Gasteiger charge is 2.05. The summed E-state index contributed by atoms with van der Waals surface area (Å²) in [5.74, 6) is 5.50. The molecule has 9 heteroatoms. The monoisotopic (exact) mass is 385 g/mol. The van der Waals surface area contributed by atoms with Crippen LogP contribution >= 0.6 is 0 Å². The number of unbranched alkanes of at least 4 members (excludes halogenated alkanes) is 1. The van der Waals surface area contributed by atoms with E-state index in [-0.39, 0.29) is 11.8 Å². The van der Waals surface area contributed by atoms with Gasteiger partial charge in [-0.3, -0.25) is 14.6 Å². The molecule has 0 radical (unpaired) electrons. The van der Waals surface area contributed by atoms with Crippen LogP contribution in [0.4, 0.5) is 5.82 Å². The Morgan fingerprint density at radius 1 is 0.857 bits per heavy atom. The third kappa shape index (κ3) is 7.68. The number of rotatable bonds is 12. The summed E-state index contributed by atoms with van der Waals surface area (Å²) in [6.45, 7) is 2.91. The zero-order chi connectivity index (χ0) is 20.0. The molecule has 6 N–H and O–H groups in total. The van der Waals surface area contributed by atoms with Crippen LogP contribution < -0.4 is 27.2 Å². The van der Waals surface area contributed by atoms with Gasteiger partial charge in [-0.1, -0.05) is 0 Å². The van der Waals surface area contributed by atoms with Gasteiger partial charge < -0.3 is 21.4 Å². The summed E-state index contributed by atoms with van der Waals surface area (Å²) >= 11 is 0. The Bertz CT molecular complexity index is 723. The molecular weight excluding hydrogens is 358 g/mol. The van der Waals surface area contributed by atoms with Crippen molar-refractivity contribution in [3.8, 4) is 0 Å². The van der Waals surface area contributed by atoms with Crippen LogP contribution in [-0.4, -0.2) is 48.0 Å². The molecule has 0 saturated carbocycles. The number of nitrogen functional groups attached to an aromatic ring is 1. The maximum absolute atomic E-state index is 11.9. The van der Waals surface area contributed by atoms with E-state index in [1.165, 1.54) is 6.20 Å². The Kier molecular flexibility index (Phi) is 9.39. The summed E-state index contributed by atoms with van der Waals surface area (Å²) in [4.78, 5) is 31.7. The standard InChI is InChI=1S/C19H27N7O2/c20-26-17-7-6-16(14-25-17)19(28)24-12-4-10-21-8-1-2-11-23-18(27)15-5-3-9-22-13-15/h3,5-7,9,13-14,21H,1-2,4,8,10-12,20H2,(H,23,27)(H,24,28)(H,25,26). The topological polar surface area (TPSA) is 134 Å². The second-order valence-electron chi connectivity index (χ2n) is 6.14. The Morgan fingerprint density at radius 3 is 2.18 bits per heavy atom. The number of carbonyl (C=O) groups excluding carboxylic acids is 2. The number of nitrogens with zero attached hydrogens (tertiary/aromatic N) is 2. The van der Waals surface area contributed by atoms with E-state index in [1.54, 1.807) is 36.7 Å². The molecule has 0 spiro atoms. The molecule has 0 fully saturated rings. The second kappa shape index (κ2) is 12.4. The molecule has 0 unspecified atom stereocenters. The van der Waals surface area contributed by atoms with Crippen LogP contribution in [0.3, 0.4) is 0 Å². The number of carbonyl (C=O) groups is 2. The molecule has 2 amide bonds. The lowest BCUT2D eigenvalue weighted by molar-refractivity contribution is 0.0944. The molecule has 2 aromatic heterocycles. The highest BCUT2D eigenvalue weighted by Crippen LogP contribution is 2.03. The highest BCUT2D eigenvalue weighted by atomic mass is 16.2. The first-order chi connectivity index (χ1) is 13.7. The molecule has 0 atom stereocenters. The Balaban J connectivity index is 1.44. The number of hydrogen-bond donors (Lipinski definition) is 5. The Morgan fingerprint density at radius 2 is 1.54 bits per heavy atom. The number of nitrogens with one attached hydrogen (secondary N) is 4. The van der Waals surface area contributed by atoms with Crippen LogP contribution in [-0.2, 0) is 0 Å². The fourth-order valence-corrected chi connectivity index (χ4v) is 2.43. The minimum Gasteiger partial charge on any atom is -0.352 e. The largest absolute Gasteiger partial charge is 0.352 e. The highest BCUT2D eigenvalue weighted by molar-refractivity contribution is 5.94. The van der Waals surface area contributed by atoms with Gasteiger partial charge in [-0.2, -0.15) is 0 Å². The number of anilines is 1. The summed E-state index contributed by atoms with van der Waals surface area (Å²) in [5.41, 5.74) is 3.49. The molecule has 0 bridgehead atoms. The van der Waals surface area contributed by atoms with Crippen molar-refractivity contribution in [1.82, 2.24) is 25.9 Å². The minimum absolute atomic E-state index is 0.0964. The maximum Gasteiger partial charge on any atom is 0.252 e. The Hall–Kier alpha value is -3.04. The van der Waals surface area contributed by atoms with Crippen molar-refractivity contribution in [2.24, 2.45) is 5.84 Å². The average molecular weight is 385 g/mol. The predicted molar refractivity (Wildman–Crippen MR) is 108 cm³/mol. The third-order valence-corrected chi connectivity index (χ3v) is 3.98. The van der Waals surface area contributed by atoms with Gasteiger partial charge in [-0.15, -0.1) is 0 Å². The van der Waals surface area contributed by atoms with Gasteiger partial charge in [0, 0.05) is 31.7 Å². The first-order valence-electron chi connectivity index (χ1n) is 9.30. The van der Waals surface area contributed by atoms with Gasteiger partial charge >= 0.3 is 0 Å². The lowest BCUT2D eigenvalue weighted by atomic mass is 10.2. The summed E-state index contributed by atoms with van der Waals surface area (Å²) in [5, 5.41) is 9.05. The van der Waals surface area contributed by atoms with E-state index >= 15 is 0 Å². The molecule has 150 valence electrons. The molecule has 0 aliphatic carbocycles. The van der Waals surface area contributed by atoms with Crippen LogP contribution in [0.25, 0.3) is 0 Å². The molecule has 0 saturated heterocycles. The van der Waals surface area contributed by atoms with Crippen LogP contribution in [0.5, 0.6) is 0 Å². The molecule has 2 rings (SSSR count). The van der Waals surface area contributed by atoms with Gasteiger partial charge in [0.05, 0.1) is 11.1 Å². The second-order valence-corrected chi connectivity index (χ2v) is 6.14. The lowest BCUT2D eigenvalue weighted by Gasteiger charge is -2.08. The molecular formula is C19H27N7O2. The van der Waals surface area contributed by atoms with Crippen LogP contribution in [0.2, 0.25) is 0 Å². The summed E-state index contributed by atoms with van der Waals surface area (Å²) in [6, 6.07) is 6.80. The van der Waals surface area contributed by atoms with E-state index in [0.717, 1.165) is 32.4 Å². The van der Waals surface area contributed by atoms with E-state index in [1.807, 2.05) is 0 Å². The Labute approximate surface area is 164 Å². The first-order valence-corrected chi connectivity index (χ1v) is 9.30. The molecule has 0 aliphatic rings. The summed E-state index contributed by atoms with van der Waals surface area (Å²) in [6.07, 6.45) is 7.37. The quantitative estimate of drug-likeness (QED) is 0.206. The SMILES string of the molecule is NNc1ccc(C(=O)NCCCNCCCCNC(=O)c2cccnc2)cn1. The van der Waals surface area contributed by atoms with Gasteiger partial charge in [-0.25, -0.2) is 10.8 Å². The van der Waals surface area contributed by atoms with Crippen molar-refractivity contribution in [3.05, 3.63) is 54.0 Å². The smallest absolute Gasteiger partial charge is 0.252 e. The summed E-state index contributed by atoms with van der Waals surface area (Å²) < 4.78 is 0. The molecule has 0 aliphatic heterocycles. The van der Waals surface area contributed by atoms with E-state index in [0.29, 0.717) is 30.0 Å². The third-order valence-electron chi connectivity index (χ3n) is 3.98. The molecule has 2 heterocycles. The fourth-order valence-electron chi connectivity index (χ4n) is 2.43. The zero-order valence-electron chi connectivity index (χ0n) is 15.8. The van der Waals surface area contributed by atoms with Crippen molar-refractivity contribution < 1.29 is 9.59 Å². The number of aromatic nitrogens is 2. The van der Waals surface area contributed by atoms with E-state index in [2.05, 4.69) is 31.3 Å². The molecule has 9 nitrogen and oxygen atoms in total. The van der Waals surface area contributed by atoms with Gasteiger partial charge in [0.15, 0.2) is 0 Å². The number of amides is 2. The van der Waals surface area contributed by atoms with E-state index in [4.69, 9.17) is 5.84 Å². The number of nitrogens with two attached hydrogens (primary N) is 1.